The molecule has 0 aromatic heterocycles. The average Bonchev–Trinajstić information content (AvgIpc) is 2.69. The van der Waals surface area contributed by atoms with Crippen LogP contribution in [-0.4, -0.2) is 38.5 Å². The second-order valence-electron chi connectivity index (χ2n) is 3.94. The first-order valence-corrected chi connectivity index (χ1v) is 5.38. The molecule has 1 N–H and O–H groups in total. The van der Waals surface area contributed by atoms with Crippen LogP contribution in [0.2, 0.25) is 0 Å². The molecule has 0 aromatic rings. The normalized spacial score (nSPS) is 30.9. The molecule has 3 heteroatoms. The Hall–Kier alpha value is -0.120. The Bertz CT molecular complexity index is 140. The summed E-state index contributed by atoms with van der Waals surface area (Å²) in [5.41, 5.74) is 0. The molecule has 13 heavy (non-hydrogen) atoms. The van der Waals surface area contributed by atoms with Gasteiger partial charge in [0.25, 0.3) is 0 Å². The maximum atomic E-state index is 5.82. The largest absolute Gasteiger partial charge is 0.381 e. The number of hydrogen-bond donors (Lipinski definition) is 1. The van der Waals surface area contributed by atoms with Gasteiger partial charge < -0.3 is 14.8 Å². The van der Waals surface area contributed by atoms with Gasteiger partial charge in [-0.3, -0.25) is 0 Å². The van der Waals surface area contributed by atoms with E-state index in [-0.39, 0.29) is 0 Å². The van der Waals surface area contributed by atoms with E-state index in [4.69, 9.17) is 9.47 Å². The van der Waals surface area contributed by atoms with Crippen molar-refractivity contribution in [1.82, 2.24) is 5.32 Å². The summed E-state index contributed by atoms with van der Waals surface area (Å²) >= 11 is 0. The zero-order chi connectivity index (χ0) is 8.93. The summed E-state index contributed by atoms with van der Waals surface area (Å²) in [6, 6.07) is 0.614. The Balaban J connectivity index is 1.60. The van der Waals surface area contributed by atoms with E-state index in [1.165, 1.54) is 19.4 Å². The molecule has 2 aliphatic rings. The zero-order valence-corrected chi connectivity index (χ0v) is 8.13. The summed E-state index contributed by atoms with van der Waals surface area (Å²) in [6.07, 6.45) is 5.20. The standard InChI is InChI=1S/C10H19NO2/c1-2-9(11-5-1)8-13-10-3-6-12-7-4-10/h9-11H,1-8H2. The molecule has 0 saturated carbocycles. The third kappa shape index (κ3) is 2.93. The van der Waals surface area contributed by atoms with Crippen molar-refractivity contribution in [3.63, 3.8) is 0 Å². The van der Waals surface area contributed by atoms with Gasteiger partial charge in [-0.05, 0) is 32.2 Å². The maximum absolute atomic E-state index is 5.82. The highest BCUT2D eigenvalue weighted by Gasteiger charge is 2.18. The summed E-state index contributed by atoms with van der Waals surface area (Å²) in [4.78, 5) is 0. The SMILES string of the molecule is C1CNC(COC2CCOCC2)C1. The van der Waals surface area contributed by atoms with Crippen LogP contribution >= 0.6 is 0 Å². The number of nitrogens with one attached hydrogen (secondary N) is 1. The van der Waals surface area contributed by atoms with Crippen LogP contribution in [0.1, 0.15) is 25.7 Å². The summed E-state index contributed by atoms with van der Waals surface area (Å²) in [6.45, 7) is 3.82. The number of rotatable bonds is 3. The summed E-state index contributed by atoms with van der Waals surface area (Å²) in [5, 5.41) is 3.44. The highest BCUT2D eigenvalue weighted by molar-refractivity contribution is 4.74. The van der Waals surface area contributed by atoms with Crippen LogP contribution < -0.4 is 5.32 Å². The molecule has 3 nitrogen and oxygen atoms in total. The van der Waals surface area contributed by atoms with E-state index in [1.807, 2.05) is 0 Å². The predicted octanol–water partition coefficient (Wildman–Crippen LogP) is 0.934. The molecule has 2 saturated heterocycles. The van der Waals surface area contributed by atoms with Gasteiger partial charge in [-0.1, -0.05) is 0 Å². The highest BCUT2D eigenvalue weighted by Crippen LogP contribution is 2.13. The monoisotopic (exact) mass is 185 g/mol. The minimum atomic E-state index is 0.455. The van der Waals surface area contributed by atoms with Gasteiger partial charge in [0.15, 0.2) is 0 Å². The Morgan fingerprint density at radius 3 is 2.77 bits per heavy atom. The summed E-state index contributed by atoms with van der Waals surface area (Å²) < 4.78 is 11.1. The highest BCUT2D eigenvalue weighted by atomic mass is 16.5. The minimum Gasteiger partial charge on any atom is -0.381 e. The van der Waals surface area contributed by atoms with Gasteiger partial charge in [-0.25, -0.2) is 0 Å². The lowest BCUT2D eigenvalue weighted by atomic mass is 10.1. The molecule has 0 aromatic carbocycles. The maximum Gasteiger partial charge on any atom is 0.0623 e. The van der Waals surface area contributed by atoms with E-state index < -0.39 is 0 Å². The van der Waals surface area contributed by atoms with Gasteiger partial charge in [0.05, 0.1) is 12.7 Å². The van der Waals surface area contributed by atoms with Gasteiger partial charge in [-0.2, -0.15) is 0 Å². The quantitative estimate of drug-likeness (QED) is 0.709. The van der Waals surface area contributed by atoms with Gasteiger partial charge in [-0.15, -0.1) is 0 Å². The number of ether oxygens (including phenoxy) is 2. The molecule has 2 rings (SSSR count). The van der Waals surface area contributed by atoms with Crippen molar-refractivity contribution >= 4 is 0 Å². The third-order valence-electron chi connectivity index (χ3n) is 2.86. The third-order valence-corrected chi connectivity index (χ3v) is 2.86. The molecule has 1 unspecified atom stereocenters. The molecule has 0 amide bonds. The fourth-order valence-corrected chi connectivity index (χ4v) is 1.99. The van der Waals surface area contributed by atoms with Crippen LogP contribution in [0.5, 0.6) is 0 Å². The van der Waals surface area contributed by atoms with Crippen LogP contribution in [0.3, 0.4) is 0 Å². The number of hydrogen-bond acceptors (Lipinski definition) is 3. The van der Waals surface area contributed by atoms with Crippen molar-refractivity contribution in [3.05, 3.63) is 0 Å². The van der Waals surface area contributed by atoms with Crippen molar-refractivity contribution in [2.75, 3.05) is 26.4 Å². The summed E-state index contributed by atoms with van der Waals surface area (Å²) in [7, 11) is 0. The van der Waals surface area contributed by atoms with Crippen LogP contribution in [0, 0.1) is 0 Å². The van der Waals surface area contributed by atoms with Crippen LogP contribution in [0.25, 0.3) is 0 Å². The molecule has 2 fully saturated rings. The van der Waals surface area contributed by atoms with E-state index in [0.29, 0.717) is 12.1 Å². The van der Waals surface area contributed by atoms with Crippen LogP contribution in [0.4, 0.5) is 0 Å². The van der Waals surface area contributed by atoms with Gasteiger partial charge >= 0.3 is 0 Å². The molecule has 2 aliphatic heterocycles. The molecular weight excluding hydrogens is 166 g/mol. The summed E-state index contributed by atoms with van der Waals surface area (Å²) in [5.74, 6) is 0. The first-order chi connectivity index (χ1) is 6.45. The molecular formula is C10H19NO2. The Labute approximate surface area is 79.8 Å². The lowest BCUT2D eigenvalue weighted by molar-refractivity contribution is -0.0368. The van der Waals surface area contributed by atoms with Gasteiger partial charge in [0.2, 0.25) is 0 Å². The average molecular weight is 185 g/mol. The predicted molar refractivity (Wildman–Crippen MR) is 50.8 cm³/mol. The Kier molecular flexibility index (Phi) is 3.58. The molecule has 1 atom stereocenters. The topological polar surface area (TPSA) is 30.5 Å². The molecule has 0 bridgehead atoms. The van der Waals surface area contributed by atoms with E-state index in [2.05, 4.69) is 5.32 Å². The molecule has 2 heterocycles. The van der Waals surface area contributed by atoms with Crippen molar-refractivity contribution in [1.29, 1.82) is 0 Å². The van der Waals surface area contributed by atoms with E-state index in [0.717, 1.165) is 32.7 Å². The first kappa shape index (κ1) is 9.44. The van der Waals surface area contributed by atoms with Crippen LogP contribution in [-0.2, 0) is 9.47 Å². The Morgan fingerprint density at radius 1 is 1.23 bits per heavy atom. The second kappa shape index (κ2) is 4.94. The van der Waals surface area contributed by atoms with Crippen molar-refractivity contribution in [2.24, 2.45) is 0 Å². The van der Waals surface area contributed by atoms with Crippen molar-refractivity contribution < 1.29 is 9.47 Å². The lowest BCUT2D eigenvalue weighted by Gasteiger charge is -2.23. The molecule has 0 radical (unpaired) electrons. The van der Waals surface area contributed by atoms with Crippen molar-refractivity contribution in [3.8, 4) is 0 Å². The van der Waals surface area contributed by atoms with E-state index in [1.54, 1.807) is 0 Å². The van der Waals surface area contributed by atoms with Gasteiger partial charge in [0, 0.05) is 19.3 Å². The fraction of sp³-hybridized carbons (Fsp3) is 1.00. The molecule has 76 valence electrons. The minimum absolute atomic E-state index is 0.455. The van der Waals surface area contributed by atoms with Gasteiger partial charge in [0.1, 0.15) is 0 Å². The van der Waals surface area contributed by atoms with E-state index in [9.17, 15) is 0 Å². The smallest absolute Gasteiger partial charge is 0.0623 e. The van der Waals surface area contributed by atoms with Crippen LogP contribution in [0.15, 0.2) is 0 Å². The second-order valence-corrected chi connectivity index (χ2v) is 3.94. The zero-order valence-electron chi connectivity index (χ0n) is 8.13. The van der Waals surface area contributed by atoms with E-state index >= 15 is 0 Å². The van der Waals surface area contributed by atoms with Crippen molar-refractivity contribution in [2.45, 2.75) is 37.8 Å². The lowest BCUT2D eigenvalue weighted by Crippen LogP contribution is -2.31. The first-order valence-electron chi connectivity index (χ1n) is 5.38. The fourth-order valence-electron chi connectivity index (χ4n) is 1.99. The molecule has 0 aliphatic carbocycles. The Morgan fingerprint density at radius 2 is 2.08 bits per heavy atom. The molecule has 0 spiro atoms.